The molecule has 5 aromatic rings. The van der Waals surface area contributed by atoms with Gasteiger partial charge in [0.1, 0.15) is 18.3 Å². The van der Waals surface area contributed by atoms with Gasteiger partial charge in [0, 0.05) is 48.1 Å². The van der Waals surface area contributed by atoms with Gasteiger partial charge in [0.25, 0.3) is 0 Å². The molecule has 0 bridgehead atoms. The average Bonchev–Trinajstić information content (AvgIpc) is 4.09. The first-order valence-corrected chi connectivity index (χ1v) is 23.5. The zero-order valence-electron chi connectivity index (χ0n) is 42.2. The molecule has 65 heavy (non-hydrogen) atoms. The first kappa shape index (κ1) is 48.8. The molecule has 0 radical (unpaired) electrons. The van der Waals surface area contributed by atoms with Gasteiger partial charge in [-0.15, -0.1) is 0 Å². The molecule has 6 nitrogen and oxygen atoms in total. The molecule has 0 atom stereocenters. The van der Waals surface area contributed by atoms with Crippen LogP contribution in [0.2, 0.25) is 0 Å². The highest BCUT2D eigenvalue weighted by Gasteiger charge is 2.25. The Morgan fingerprint density at radius 2 is 0.800 bits per heavy atom. The molecule has 0 saturated heterocycles. The minimum absolute atomic E-state index is 0.0503. The van der Waals surface area contributed by atoms with Crippen molar-refractivity contribution in [3.63, 3.8) is 0 Å². The highest BCUT2D eigenvalue weighted by atomic mass is 14.9. The fourth-order valence-electron chi connectivity index (χ4n) is 8.83. The Kier molecular flexibility index (Phi) is 14.6. The Labute approximate surface area is 391 Å². The van der Waals surface area contributed by atoms with E-state index >= 15 is 0 Å². The lowest BCUT2D eigenvalue weighted by atomic mass is 9.83. The lowest BCUT2D eigenvalue weighted by Crippen LogP contribution is -2.16. The van der Waals surface area contributed by atoms with Crippen molar-refractivity contribution in [1.29, 1.82) is 0 Å². The Bertz CT molecular complexity index is 2210. The Hall–Kier alpha value is -5.62. The third-order valence-corrected chi connectivity index (χ3v) is 12.1. The quantitative estimate of drug-likeness (QED) is 0.155. The molecule has 10 rings (SSSR count). The summed E-state index contributed by atoms with van der Waals surface area (Å²) in [5, 5.41) is 0. The third-order valence-electron chi connectivity index (χ3n) is 12.1. The van der Waals surface area contributed by atoms with E-state index in [-0.39, 0.29) is 27.1 Å². The summed E-state index contributed by atoms with van der Waals surface area (Å²) in [7, 11) is 0. The second-order valence-corrected chi connectivity index (χ2v) is 22.8. The zero-order valence-corrected chi connectivity index (χ0v) is 42.2. The number of allylic oxidation sites excluding steroid dienone is 4. The summed E-state index contributed by atoms with van der Waals surface area (Å²) in [4.78, 5) is 25.8. The summed E-state index contributed by atoms with van der Waals surface area (Å²) in [5.41, 5.74) is 20.3. The van der Waals surface area contributed by atoms with Crippen molar-refractivity contribution in [3.05, 3.63) is 164 Å². The van der Waals surface area contributed by atoms with Gasteiger partial charge in [-0.1, -0.05) is 189 Å². The number of aliphatic imine (C=N–C) groups is 1. The van der Waals surface area contributed by atoms with Gasteiger partial charge in [-0.2, -0.15) is 0 Å². The van der Waals surface area contributed by atoms with E-state index in [1.54, 1.807) is 12.7 Å². The van der Waals surface area contributed by atoms with E-state index < -0.39 is 0 Å². The van der Waals surface area contributed by atoms with Crippen molar-refractivity contribution in [2.24, 2.45) is 4.99 Å². The predicted octanol–water partition coefficient (Wildman–Crippen LogP) is 14.4. The van der Waals surface area contributed by atoms with E-state index in [1.165, 1.54) is 61.5 Å². The summed E-state index contributed by atoms with van der Waals surface area (Å²) < 4.78 is 0. The standard InChI is InChI=1S/2C13H16.C12H15N.C11H14N2.C10H13N3/c2*1-13(2,3)12-9-5-7-10-6-4-8-11(10)12;1-12(2,3)10-7-8-13-11-6-4-5-9(10)11;1-11(2,3)10-8-5-4-6-9(8)12-7-13-10;1-10(2,3)9-8-7(4-5-11-8)12-6-13-9/h2*4-5,7-9H,6H2,1-3H3;4-5,7-8H,6H2,1-3H3;4-5,7H,6H2,1-3H3;5-6H,4H2,1-3H3. The normalized spacial score (nSPS) is 14.7. The molecule has 3 aromatic heterocycles. The molecule has 0 unspecified atom stereocenters. The zero-order chi connectivity index (χ0) is 47.4. The number of rotatable bonds is 0. The van der Waals surface area contributed by atoms with Crippen LogP contribution in [0.25, 0.3) is 24.3 Å². The van der Waals surface area contributed by atoms with Crippen LogP contribution in [0.15, 0.2) is 90.6 Å². The first-order chi connectivity index (χ1) is 30.4. The summed E-state index contributed by atoms with van der Waals surface area (Å²) in [5.74, 6) is 0. The molecule has 6 heteroatoms. The van der Waals surface area contributed by atoms with Gasteiger partial charge < -0.3 is 0 Å². The number of hydrogen-bond donors (Lipinski definition) is 0. The van der Waals surface area contributed by atoms with E-state index in [9.17, 15) is 0 Å². The molecule has 0 spiro atoms. The van der Waals surface area contributed by atoms with Gasteiger partial charge in [-0.05, 0) is 79.7 Å². The maximum absolute atomic E-state index is 4.37. The van der Waals surface area contributed by atoms with E-state index in [0.29, 0.717) is 0 Å². The average molecular weight is 867 g/mol. The van der Waals surface area contributed by atoms with Crippen LogP contribution in [-0.4, -0.2) is 31.1 Å². The van der Waals surface area contributed by atoms with Crippen LogP contribution in [0.5, 0.6) is 0 Å². The number of hydrogen-bond acceptors (Lipinski definition) is 6. The summed E-state index contributed by atoms with van der Waals surface area (Å²) >= 11 is 0. The molecule has 0 fully saturated rings. The molecule has 1 aliphatic heterocycles. The van der Waals surface area contributed by atoms with Crippen LogP contribution in [0.3, 0.4) is 0 Å². The van der Waals surface area contributed by atoms with Crippen LogP contribution in [0.1, 0.15) is 182 Å². The Morgan fingerprint density at radius 1 is 0.369 bits per heavy atom. The maximum atomic E-state index is 4.37. The van der Waals surface area contributed by atoms with E-state index in [2.05, 4.69) is 225 Å². The Balaban J connectivity index is 0.000000135. The smallest absolute Gasteiger partial charge is 0.116 e. The molecular weight excluding hydrogens is 793 g/mol. The largest absolute Gasteiger partial charge is 0.260 e. The number of fused-ring (bicyclic) bond motifs is 5. The van der Waals surface area contributed by atoms with Crippen LogP contribution < -0.4 is 0 Å². The van der Waals surface area contributed by atoms with Crippen LogP contribution in [0, 0.1) is 0 Å². The van der Waals surface area contributed by atoms with Gasteiger partial charge in [0.2, 0.25) is 0 Å². The SMILES string of the molecule is CC(C)(C)c1cccc2c1C=CC2.CC(C)(C)c1cccc2c1C=CC2.CC(C)(C)c1ccnc2c1C=CC2.CC(C)(C)c1ncnc2c1C=CC2.CC(C)(C)c1ncnc2c1N=CC2. The van der Waals surface area contributed by atoms with Gasteiger partial charge in [-0.25, -0.2) is 19.9 Å². The van der Waals surface area contributed by atoms with Gasteiger partial charge in [0.05, 0.1) is 28.5 Å². The van der Waals surface area contributed by atoms with Crippen LogP contribution in [0.4, 0.5) is 5.69 Å². The highest BCUT2D eigenvalue weighted by Crippen LogP contribution is 2.36. The van der Waals surface area contributed by atoms with Gasteiger partial charge in [-0.3, -0.25) is 9.98 Å². The lowest BCUT2D eigenvalue weighted by Gasteiger charge is -2.22. The molecule has 4 aliphatic carbocycles. The molecule has 5 aliphatic rings. The summed E-state index contributed by atoms with van der Waals surface area (Å²) in [6, 6.07) is 15.4. The molecule has 0 N–H and O–H groups in total. The topological polar surface area (TPSA) is 76.8 Å². The van der Waals surface area contributed by atoms with Crippen molar-refractivity contribution < 1.29 is 0 Å². The molecule has 340 valence electrons. The van der Waals surface area contributed by atoms with Crippen LogP contribution >= 0.6 is 0 Å². The first-order valence-electron chi connectivity index (χ1n) is 23.5. The Morgan fingerprint density at radius 3 is 1.31 bits per heavy atom. The number of aromatic nitrogens is 5. The van der Waals surface area contributed by atoms with Gasteiger partial charge in [0.15, 0.2) is 0 Å². The number of pyridine rings is 1. The third kappa shape index (κ3) is 12.0. The number of benzene rings is 2. The molecule has 2 aromatic carbocycles. The number of nitrogens with zero attached hydrogens (tertiary/aromatic N) is 6. The minimum Gasteiger partial charge on any atom is -0.260 e. The molecule has 0 amide bonds. The van der Waals surface area contributed by atoms with Crippen molar-refractivity contribution in [3.8, 4) is 0 Å². The fourth-order valence-corrected chi connectivity index (χ4v) is 8.83. The van der Waals surface area contributed by atoms with Crippen LogP contribution in [-0.2, 0) is 59.2 Å². The minimum atomic E-state index is 0.0503. The molecular formula is C59H74N6. The van der Waals surface area contributed by atoms with Crippen molar-refractivity contribution >= 4 is 36.2 Å². The fraction of sp³-hybridized carbons (Fsp3) is 0.424. The second kappa shape index (κ2) is 19.5. The monoisotopic (exact) mass is 867 g/mol. The van der Waals surface area contributed by atoms with Crippen molar-refractivity contribution in [1.82, 2.24) is 24.9 Å². The van der Waals surface area contributed by atoms with E-state index in [1.807, 2.05) is 12.4 Å². The molecule has 0 saturated carbocycles. The maximum Gasteiger partial charge on any atom is 0.116 e. The van der Waals surface area contributed by atoms with E-state index in [0.717, 1.165) is 54.9 Å². The van der Waals surface area contributed by atoms with Crippen molar-refractivity contribution in [2.75, 3.05) is 0 Å². The van der Waals surface area contributed by atoms with Gasteiger partial charge >= 0.3 is 0 Å². The summed E-state index contributed by atoms with van der Waals surface area (Å²) in [6.45, 7) is 33.3. The second-order valence-electron chi connectivity index (χ2n) is 22.8. The lowest BCUT2D eigenvalue weighted by molar-refractivity contribution is 0.564. The van der Waals surface area contributed by atoms with Crippen molar-refractivity contribution in [2.45, 2.75) is 163 Å². The van der Waals surface area contributed by atoms with E-state index in [4.69, 9.17) is 0 Å². The summed E-state index contributed by atoms with van der Waals surface area (Å²) in [6.07, 6.45) is 29.8. The molecule has 4 heterocycles. The predicted molar refractivity (Wildman–Crippen MR) is 277 cm³/mol. The highest BCUT2D eigenvalue weighted by molar-refractivity contribution is 5.75.